The molecule has 150 valence electrons. The zero-order chi connectivity index (χ0) is 20.5. The van der Waals surface area contributed by atoms with Crippen LogP contribution < -0.4 is 10.0 Å². The van der Waals surface area contributed by atoms with E-state index < -0.39 is 16.0 Å². The van der Waals surface area contributed by atoms with Crippen molar-refractivity contribution in [2.24, 2.45) is 5.14 Å². The maximum absolute atomic E-state index is 12.4. The van der Waals surface area contributed by atoms with Crippen molar-refractivity contribution in [3.63, 3.8) is 0 Å². The van der Waals surface area contributed by atoms with Gasteiger partial charge < -0.3 is 10.0 Å². The number of carboxylic acid groups (broad SMARTS) is 1. The van der Waals surface area contributed by atoms with Crippen LogP contribution in [0.15, 0.2) is 47.4 Å². The van der Waals surface area contributed by atoms with Gasteiger partial charge in [0, 0.05) is 23.3 Å². The molecule has 2 aromatic carbocycles. The van der Waals surface area contributed by atoms with Gasteiger partial charge in [0.25, 0.3) is 0 Å². The summed E-state index contributed by atoms with van der Waals surface area (Å²) in [5, 5.41) is 15.1. The highest BCUT2D eigenvalue weighted by Gasteiger charge is 2.35. The van der Waals surface area contributed by atoms with Crippen molar-refractivity contribution in [2.75, 3.05) is 4.90 Å². The van der Waals surface area contributed by atoms with Crippen LogP contribution in [0.5, 0.6) is 0 Å². The number of carbonyl (C=O) groups is 1. The molecule has 2 atom stereocenters. The highest BCUT2D eigenvalue weighted by Crippen LogP contribution is 2.43. The summed E-state index contributed by atoms with van der Waals surface area (Å²) in [5.74, 6) is -1.17. The molecule has 28 heavy (non-hydrogen) atoms. The van der Waals surface area contributed by atoms with Crippen LogP contribution >= 0.6 is 0 Å². The predicted octanol–water partition coefficient (Wildman–Crippen LogP) is 3.86. The van der Waals surface area contributed by atoms with Gasteiger partial charge in [0.15, 0.2) is 0 Å². The van der Waals surface area contributed by atoms with E-state index in [1.165, 1.54) is 6.07 Å². The average Bonchev–Trinajstić information content (AvgIpc) is 3.09. The smallest absolute Gasteiger partial charge is 0.335 e. The maximum atomic E-state index is 12.4. The van der Waals surface area contributed by atoms with Gasteiger partial charge in [-0.3, -0.25) is 0 Å². The second-order valence-electron chi connectivity index (χ2n) is 7.19. The minimum absolute atomic E-state index is 0.0738. The quantitative estimate of drug-likeness (QED) is 0.764. The molecule has 1 fully saturated rings. The Morgan fingerprint density at radius 3 is 2.14 bits per heavy atom. The molecule has 0 saturated carbocycles. The van der Waals surface area contributed by atoms with Gasteiger partial charge in [0.05, 0.1) is 10.5 Å². The van der Waals surface area contributed by atoms with Gasteiger partial charge >= 0.3 is 5.97 Å². The molecule has 2 unspecified atom stereocenters. The second-order valence-corrected chi connectivity index (χ2v) is 8.72. The first kappa shape index (κ1) is 20.4. The lowest BCUT2D eigenvalue weighted by molar-refractivity contribution is 0.0696. The number of hydrogen-bond donors (Lipinski definition) is 2. The van der Waals surface area contributed by atoms with E-state index in [1.807, 2.05) is 30.3 Å². The summed E-state index contributed by atoms with van der Waals surface area (Å²) in [4.78, 5) is 13.8. The minimum atomic E-state index is -4.13. The number of rotatable bonds is 6. The van der Waals surface area contributed by atoms with E-state index in [0.717, 1.165) is 25.7 Å². The van der Waals surface area contributed by atoms with Crippen LogP contribution in [0.25, 0.3) is 11.1 Å². The molecule has 1 aliphatic rings. The largest absolute Gasteiger partial charge is 0.478 e. The standard InChI is InChI=1S/C21H26N2O4S/c1-3-16-10-11-17(4-2)23(16)18-12-15(21(24)25)13-19(28(22,26)27)20(18)14-8-6-5-7-9-14/h5-9,12-13,16-17H,3-4,10-11H2,1-2H3,(H,24,25)(H2,22,26,27). The Bertz CT molecular complexity index is 961. The Labute approximate surface area is 166 Å². The van der Waals surface area contributed by atoms with Gasteiger partial charge in [0.2, 0.25) is 10.0 Å². The lowest BCUT2D eigenvalue weighted by Crippen LogP contribution is -2.36. The Kier molecular flexibility index (Phi) is 5.76. The number of primary sulfonamides is 1. The van der Waals surface area contributed by atoms with Crippen LogP contribution in [-0.4, -0.2) is 31.6 Å². The van der Waals surface area contributed by atoms with Gasteiger partial charge in [-0.15, -0.1) is 0 Å². The zero-order valence-electron chi connectivity index (χ0n) is 16.1. The van der Waals surface area contributed by atoms with E-state index in [9.17, 15) is 18.3 Å². The van der Waals surface area contributed by atoms with Gasteiger partial charge in [-0.2, -0.15) is 0 Å². The third-order valence-electron chi connectivity index (χ3n) is 5.54. The fourth-order valence-corrected chi connectivity index (χ4v) is 5.00. The van der Waals surface area contributed by atoms with Gasteiger partial charge in [-0.1, -0.05) is 44.2 Å². The SMILES string of the molecule is CCC1CCC(CC)N1c1cc(C(=O)O)cc(S(N)(=O)=O)c1-c1ccccc1. The number of carboxylic acids is 1. The monoisotopic (exact) mass is 402 g/mol. The summed E-state index contributed by atoms with van der Waals surface area (Å²) in [7, 11) is -4.13. The number of sulfonamides is 1. The van der Waals surface area contributed by atoms with Gasteiger partial charge in [0.1, 0.15) is 0 Å². The van der Waals surface area contributed by atoms with E-state index >= 15 is 0 Å². The lowest BCUT2D eigenvalue weighted by atomic mass is 9.98. The van der Waals surface area contributed by atoms with Crippen LogP contribution in [0.2, 0.25) is 0 Å². The summed E-state index contributed by atoms with van der Waals surface area (Å²) < 4.78 is 24.9. The first-order valence-corrected chi connectivity index (χ1v) is 11.1. The molecule has 3 rings (SSSR count). The second kappa shape index (κ2) is 7.93. The summed E-state index contributed by atoms with van der Waals surface area (Å²) >= 11 is 0. The Hall–Kier alpha value is -2.38. The fraction of sp³-hybridized carbons (Fsp3) is 0.381. The summed E-state index contributed by atoms with van der Waals surface area (Å²) in [6.45, 7) is 4.19. The number of aromatic carboxylic acids is 1. The summed E-state index contributed by atoms with van der Waals surface area (Å²) in [6.07, 6.45) is 3.77. The molecule has 2 aromatic rings. The topological polar surface area (TPSA) is 101 Å². The van der Waals surface area contributed by atoms with Crippen molar-refractivity contribution in [1.82, 2.24) is 0 Å². The molecule has 7 heteroatoms. The molecule has 1 heterocycles. The average molecular weight is 403 g/mol. The van der Waals surface area contributed by atoms with E-state index in [1.54, 1.807) is 6.07 Å². The summed E-state index contributed by atoms with van der Waals surface area (Å²) in [5.41, 5.74) is 1.74. The van der Waals surface area contributed by atoms with E-state index in [2.05, 4.69) is 18.7 Å². The highest BCUT2D eigenvalue weighted by atomic mass is 32.2. The Morgan fingerprint density at radius 1 is 1.11 bits per heavy atom. The van der Waals surface area contributed by atoms with E-state index in [0.29, 0.717) is 16.8 Å². The van der Waals surface area contributed by atoms with Crippen LogP contribution in [0.3, 0.4) is 0 Å². The molecule has 6 nitrogen and oxygen atoms in total. The van der Waals surface area contributed by atoms with Crippen molar-refractivity contribution in [3.8, 4) is 11.1 Å². The molecule has 1 saturated heterocycles. The highest BCUT2D eigenvalue weighted by molar-refractivity contribution is 7.89. The molecule has 0 radical (unpaired) electrons. The molecule has 0 amide bonds. The fourth-order valence-electron chi connectivity index (χ4n) is 4.20. The predicted molar refractivity (Wildman–Crippen MR) is 110 cm³/mol. The van der Waals surface area contributed by atoms with E-state index in [4.69, 9.17) is 5.14 Å². The van der Waals surface area contributed by atoms with Gasteiger partial charge in [-0.25, -0.2) is 18.4 Å². The van der Waals surface area contributed by atoms with Crippen LogP contribution in [0.1, 0.15) is 49.9 Å². The molecular weight excluding hydrogens is 376 g/mol. The van der Waals surface area contributed by atoms with Crippen molar-refractivity contribution < 1.29 is 18.3 Å². The first-order valence-electron chi connectivity index (χ1n) is 9.55. The van der Waals surface area contributed by atoms with Crippen molar-refractivity contribution >= 4 is 21.7 Å². The number of nitrogens with zero attached hydrogens (tertiary/aromatic N) is 1. The number of nitrogens with two attached hydrogens (primary N) is 1. The lowest BCUT2D eigenvalue weighted by Gasteiger charge is -2.34. The van der Waals surface area contributed by atoms with Crippen molar-refractivity contribution in [1.29, 1.82) is 0 Å². The molecule has 0 aliphatic carbocycles. The van der Waals surface area contributed by atoms with Crippen LogP contribution in [-0.2, 0) is 10.0 Å². The molecule has 1 aliphatic heterocycles. The van der Waals surface area contributed by atoms with Crippen LogP contribution in [0.4, 0.5) is 5.69 Å². The summed E-state index contributed by atoms with van der Waals surface area (Å²) in [6, 6.07) is 12.4. The molecule has 3 N–H and O–H groups in total. The first-order chi connectivity index (χ1) is 13.3. The van der Waals surface area contributed by atoms with Crippen LogP contribution in [0, 0.1) is 0 Å². The van der Waals surface area contributed by atoms with Crippen molar-refractivity contribution in [2.45, 2.75) is 56.5 Å². The minimum Gasteiger partial charge on any atom is -0.478 e. The number of benzene rings is 2. The molecule has 0 aromatic heterocycles. The normalized spacial score (nSPS) is 19.8. The van der Waals surface area contributed by atoms with Gasteiger partial charge in [-0.05, 0) is 43.4 Å². The number of anilines is 1. The Balaban J connectivity index is 2.39. The third kappa shape index (κ3) is 3.77. The zero-order valence-corrected chi connectivity index (χ0v) is 16.9. The third-order valence-corrected chi connectivity index (χ3v) is 6.47. The molecule has 0 spiro atoms. The molecular formula is C21H26N2O4S. The molecule has 0 bridgehead atoms. The maximum Gasteiger partial charge on any atom is 0.335 e. The number of hydrogen-bond acceptors (Lipinski definition) is 4. The van der Waals surface area contributed by atoms with E-state index in [-0.39, 0.29) is 22.5 Å². The van der Waals surface area contributed by atoms with Crippen molar-refractivity contribution in [3.05, 3.63) is 48.0 Å². The Morgan fingerprint density at radius 2 is 1.68 bits per heavy atom.